The maximum absolute atomic E-state index is 2.72. The molecule has 0 saturated heterocycles. The maximum Gasteiger partial charge on any atom is 0.260 e. The van der Waals surface area contributed by atoms with Gasteiger partial charge in [0, 0.05) is 12.1 Å². The smallest absolute Gasteiger partial charge is 0.153 e. The van der Waals surface area contributed by atoms with Crippen LogP contribution in [0.3, 0.4) is 0 Å². The Morgan fingerprint density at radius 2 is 0.776 bits per heavy atom. The second-order valence-corrected chi connectivity index (χ2v) is 14.0. The van der Waals surface area contributed by atoms with E-state index >= 15 is 0 Å². The highest BCUT2D eigenvalue weighted by Crippen LogP contribution is 2.57. The summed E-state index contributed by atoms with van der Waals surface area (Å²) < 4.78 is 5.43. The van der Waals surface area contributed by atoms with E-state index in [1.165, 1.54) is 100 Å². The van der Waals surface area contributed by atoms with Crippen LogP contribution in [0.25, 0.3) is 66.6 Å². The first-order chi connectivity index (χ1) is 24.3. The quantitative estimate of drug-likeness (QED) is 0.149. The minimum absolute atomic E-state index is 0.573. The number of hydrogen-bond acceptors (Lipinski definition) is 0. The monoisotopic (exact) mass is 622 g/mol. The molecule has 1 spiro atoms. The number of rotatable bonds is 0. The summed E-state index contributed by atoms with van der Waals surface area (Å²) in [6.07, 6.45) is 1.74. The average molecular weight is 623 g/mol. The molecule has 1 aliphatic carbocycles. The zero-order valence-electron chi connectivity index (χ0n) is 26.8. The van der Waals surface area contributed by atoms with Crippen LogP contribution in [0.5, 0.6) is 0 Å². The fraction of sp³-hybridized carbons (Fsp3) is 0.0638. The second-order valence-electron chi connectivity index (χ2n) is 14.0. The van der Waals surface area contributed by atoms with Crippen LogP contribution in [0.2, 0.25) is 0 Å². The van der Waals surface area contributed by atoms with Gasteiger partial charge >= 0.3 is 0 Å². The summed E-state index contributed by atoms with van der Waals surface area (Å²) in [5.41, 5.74) is 18.2. The molecule has 0 amide bonds. The Bertz CT molecular complexity index is 2640. The third-order valence-corrected chi connectivity index (χ3v) is 11.8. The lowest BCUT2D eigenvalue weighted by Gasteiger charge is -2.29. The highest BCUT2D eigenvalue weighted by atomic mass is 15.1. The molecule has 2 aromatic heterocycles. The lowest BCUT2D eigenvalue weighted by molar-refractivity contribution is -0.594. The van der Waals surface area contributed by atoms with Gasteiger partial charge in [0.25, 0.3) is 11.4 Å². The van der Waals surface area contributed by atoms with Crippen LogP contribution in [0.1, 0.15) is 33.6 Å². The van der Waals surface area contributed by atoms with Gasteiger partial charge in [-0.3, -0.25) is 0 Å². The van der Waals surface area contributed by atoms with E-state index in [1.807, 2.05) is 0 Å². The molecule has 0 saturated carbocycles. The number of hydrogen-bond donors (Lipinski definition) is 0. The highest BCUT2D eigenvalue weighted by Gasteiger charge is 2.61. The van der Waals surface area contributed by atoms with Crippen LogP contribution in [0, 0.1) is 0 Å². The van der Waals surface area contributed by atoms with E-state index in [4.69, 9.17) is 0 Å². The maximum atomic E-state index is 2.72. The van der Waals surface area contributed by atoms with Crippen molar-refractivity contribution in [2.45, 2.75) is 18.3 Å². The normalized spacial score (nSPS) is 15.3. The first-order valence-corrected chi connectivity index (χ1v) is 17.4. The molecule has 3 aliphatic heterocycles. The van der Waals surface area contributed by atoms with E-state index in [0.717, 1.165) is 12.8 Å². The first-order valence-electron chi connectivity index (χ1n) is 17.4. The summed E-state index contributed by atoms with van der Waals surface area (Å²) in [5.74, 6) is 0. The lowest BCUT2D eigenvalue weighted by atomic mass is 9.70. The minimum atomic E-state index is -0.573. The molecule has 4 aliphatic rings. The van der Waals surface area contributed by atoms with E-state index in [1.54, 1.807) is 0 Å². The minimum Gasteiger partial charge on any atom is -0.153 e. The molecule has 2 heteroatoms. The van der Waals surface area contributed by atoms with E-state index in [9.17, 15) is 0 Å². The van der Waals surface area contributed by atoms with Gasteiger partial charge in [-0.2, -0.15) is 9.13 Å². The van der Waals surface area contributed by atoms with Crippen LogP contribution >= 0.6 is 0 Å². The number of aromatic nitrogens is 2. The molecule has 0 atom stereocenters. The molecular weight excluding hydrogens is 593 g/mol. The molecule has 49 heavy (non-hydrogen) atoms. The van der Waals surface area contributed by atoms with Crippen molar-refractivity contribution in [1.82, 2.24) is 0 Å². The Labute approximate surface area is 284 Å². The summed E-state index contributed by atoms with van der Waals surface area (Å²) in [7, 11) is 0. The van der Waals surface area contributed by atoms with Gasteiger partial charge in [-0.05, 0) is 68.4 Å². The van der Waals surface area contributed by atoms with Gasteiger partial charge in [-0.1, -0.05) is 121 Å². The predicted molar refractivity (Wildman–Crippen MR) is 197 cm³/mol. The Hall–Kier alpha value is -6.12. The van der Waals surface area contributed by atoms with Crippen molar-refractivity contribution in [2.24, 2.45) is 0 Å². The standard InChI is InChI=1S/C47H30N2/c1-5-17-33-29(13-1)25-41-42-26-30-14-2-6-18-34(30)46-36-20-8-4-16-32(36)28-44(49(42)46)47(43-27-31-15-3-7-19-35(31)45(33)48(41)43)39-23-11-9-21-37(39)38-22-10-12-24-40(38)47/h1-24,27-28H,25-26H2/q+2. The first kappa shape index (κ1) is 25.9. The number of fused-ring (bicyclic) bond motifs is 15. The summed E-state index contributed by atoms with van der Waals surface area (Å²) in [5, 5.41) is 5.14. The molecule has 0 unspecified atom stereocenters. The predicted octanol–water partition coefficient (Wildman–Crippen LogP) is 9.52. The topological polar surface area (TPSA) is 7.76 Å². The molecular formula is C47H30N2+2. The molecule has 0 bridgehead atoms. The van der Waals surface area contributed by atoms with E-state index in [2.05, 4.69) is 167 Å². The van der Waals surface area contributed by atoms with Gasteiger partial charge in [0.2, 0.25) is 22.8 Å². The molecule has 12 rings (SSSR count). The van der Waals surface area contributed by atoms with Crippen molar-refractivity contribution in [2.75, 3.05) is 0 Å². The van der Waals surface area contributed by atoms with Crippen molar-refractivity contribution >= 4 is 32.9 Å². The Kier molecular flexibility index (Phi) is 4.79. The highest BCUT2D eigenvalue weighted by molar-refractivity contribution is 6.00. The molecule has 226 valence electrons. The molecule has 2 nitrogen and oxygen atoms in total. The van der Waals surface area contributed by atoms with Crippen LogP contribution in [-0.2, 0) is 18.3 Å². The van der Waals surface area contributed by atoms with Crippen molar-refractivity contribution in [3.8, 4) is 33.6 Å². The van der Waals surface area contributed by atoms with Crippen molar-refractivity contribution in [3.05, 3.63) is 191 Å². The van der Waals surface area contributed by atoms with Gasteiger partial charge < -0.3 is 0 Å². The summed E-state index contributed by atoms with van der Waals surface area (Å²) in [6, 6.07) is 59.7. The number of allylic oxidation sites excluding steroid dienone is 2. The molecule has 0 fully saturated rings. The fourth-order valence-electron chi connectivity index (χ4n) is 9.94. The molecule has 5 heterocycles. The zero-order valence-corrected chi connectivity index (χ0v) is 26.8. The third kappa shape index (κ3) is 3.05. The van der Waals surface area contributed by atoms with Crippen molar-refractivity contribution in [1.29, 1.82) is 0 Å². The van der Waals surface area contributed by atoms with Crippen LogP contribution in [-0.4, -0.2) is 0 Å². The molecule has 0 N–H and O–H groups in total. The van der Waals surface area contributed by atoms with Gasteiger partial charge in [0.05, 0.1) is 34.7 Å². The fourth-order valence-corrected chi connectivity index (χ4v) is 9.94. The number of pyridine rings is 2. The second kappa shape index (κ2) is 9.06. The van der Waals surface area contributed by atoms with Crippen LogP contribution in [0.15, 0.2) is 158 Å². The third-order valence-electron chi connectivity index (χ3n) is 11.8. The molecule has 8 aromatic rings. The average Bonchev–Trinajstić information content (AvgIpc) is 3.42. The van der Waals surface area contributed by atoms with Gasteiger partial charge in [-0.25, -0.2) is 0 Å². The van der Waals surface area contributed by atoms with Crippen LogP contribution < -0.4 is 9.13 Å². The summed E-state index contributed by atoms with van der Waals surface area (Å²) >= 11 is 0. The molecule has 0 radical (unpaired) electrons. The van der Waals surface area contributed by atoms with Crippen molar-refractivity contribution < 1.29 is 9.13 Å². The van der Waals surface area contributed by atoms with Gasteiger partial charge in [0.1, 0.15) is 0 Å². The van der Waals surface area contributed by atoms with Crippen molar-refractivity contribution in [3.63, 3.8) is 0 Å². The zero-order chi connectivity index (χ0) is 31.8. The molecule has 6 aromatic carbocycles. The van der Waals surface area contributed by atoms with Gasteiger partial charge in [-0.15, -0.1) is 0 Å². The van der Waals surface area contributed by atoms with Crippen LogP contribution in [0.4, 0.5) is 0 Å². The van der Waals surface area contributed by atoms with E-state index < -0.39 is 5.41 Å². The lowest BCUT2D eigenvalue weighted by Crippen LogP contribution is -2.50. The number of benzene rings is 6. The Balaban J connectivity index is 1.42. The number of nitrogens with zero attached hydrogens (tertiary/aromatic N) is 2. The Morgan fingerprint density at radius 3 is 1.27 bits per heavy atom. The summed E-state index contributed by atoms with van der Waals surface area (Å²) in [4.78, 5) is 0. The van der Waals surface area contributed by atoms with E-state index in [-0.39, 0.29) is 0 Å². The summed E-state index contributed by atoms with van der Waals surface area (Å²) in [6.45, 7) is 0. The Morgan fingerprint density at radius 1 is 0.388 bits per heavy atom. The largest absolute Gasteiger partial charge is 0.260 e. The van der Waals surface area contributed by atoms with E-state index in [0.29, 0.717) is 0 Å². The SMILES string of the molecule is c1ccc2c(c1)CC1=C3Cc4ccccc4-c4c5ccccc5cc([n+]43)C3(c4ccccc4-c4ccccc43)c3cc4ccccc4c-2[n+]31. The van der Waals surface area contributed by atoms with Gasteiger partial charge in [0.15, 0.2) is 5.41 Å².